The van der Waals surface area contributed by atoms with Crippen molar-refractivity contribution in [1.82, 2.24) is 4.98 Å². The molecule has 0 amide bonds. The van der Waals surface area contributed by atoms with E-state index in [2.05, 4.69) is 46.0 Å². The first kappa shape index (κ1) is 13.2. The van der Waals surface area contributed by atoms with Gasteiger partial charge in [-0.3, -0.25) is 0 Å². The Morgan fingerprint density at radius 2 is 1.90 bits per heavy atom. The molecular weight excluding hydrogens is 288 g/mol. The topological polar surface area (TPSA) is 24.9 Å². The van der Waals surface area contributed by atoms with Gasteiger partial charge in [-0.1, -0.05) is 41.9 Å². The van der Waals surface area contributed by atoms with Crippen LogP contribution in [0.5, 0.6) is 0 Å². The summed E-state index contributed by atoms with van der Waals surface area (Å²) in [4.78, 5) is 5.34. The van der Waals surface area contributed by atoms with E-state index >= 15 is 0 Å². The fraction of sp³-hybridized carbons (Fsp3) is 0.0625. The quantitative estimate of drug-likeness (QED) is 0.680. The summed E-state index contributed by atoms with van der Waals surface area (Å²) in [7, 11) is 0. The first-order valence-electron chi connectivity index (χ1n) is 6.29. The van der Waals surface area contributed by atoms with Crippen molar-refractivity contribution in [3.63, 3.8) is 0 Å². The maximum absolute atomic E-state index is 5.76. The van der Waals surface area contributed by atoms with Gasteiger partial charge in [0.25, 0.3) is 0 Å². The van der Waals surface area contributed by atoms with E-state index in [0.29, 0.717) is 5.15 Å². The van der Waals surface area contributed by atoms with E-state index in [4.69, 9.17) is 11.6 Å². The van der Waals surface area contributed by atoms with Crippen LogP contribution >= 0.6 is 22.9 Å². The number of hydrogen-bond donors (Lipinski definition) is 1. The predicted octanol–water partition coefficient (Wildman–Crippen LogP) is 5.08. The highest BCUT2D eigenvalue weighted by atomic mass is 35.5. The van der Waals surface area contributed by atoms with Crippen molar-refractivity contribution in [2.24, 2.45) is 0 Å². The molecule has 2 heterocycles. The van der Waals surface area contributed by atoms with Gasteiger partial charge < -0.3 is 5.32 Å². The normalized spacial score (nSPS) is 10.4. The van der Waals surface area contributed by atoms with Crippen molar-refractivity contribution in [3.8, 4) is 11.1 Å². The average Bonchev–Trinajstić information content (AvgIpc) is 2.97. The Kier molecular flexibility index (Phi) is 4.00. The number of thiophene rings is 1. The highest BCUT2D eigenvalue weighted by Gasteiger charge is 2.02. The first-order chi connectivity index (χ1) is 9.81. The van der Waals surface area contributed by atoms with Crippen LogP contribution in [0.3, 0.4) is 0 Å². The summed E-state index contributed by atoms with van der Waals surface area (Å²) in [6.07, 6.45) is 1.74. The second-order valence-corrected chi connectivity index (χ2v) is 5.77. The molecule has 0 fully saturated rings. The molecule has 0 saturated heterocycles. The van der Waals surface area contributed by atoms with Crippen molar-refractivity contribution in [2.75, 3.05) is 5.32 Å². The summed E-state index contributed by atoms with van der Waals surface area (Å²) < 4.78 is 0. The molecule has 0 unspecified atom stereocenters. The average molecular weight is 301 g/mol. The molecule has 0 radical (unpaired) electrons. The Labute approximate surface area is 127 Å². The third kappa shape index (κ3) is 3.18. The second-order valence-electron chi connectivity index (χ2n) is 4.39. The van der Waals surface area contributed by atoms with Crippen LogP contribution in [0.15, 0.2) is 60.1 Å². The van der Waals surface area contributed by atoms with Gasteiger partial charge >= 0.3 is 0 Å². The molecule has 2 nitrogen and oxygen atoms in total. The zero-order chi connectivity index (χ0) is 13.8. The molecule has 3 rings (SSSR count). The van der Waals surface area contributed by atoms with E-state index in [1.807, 2.05) is 12.1 Å². The number of nitrogens with one attached hydrogen (secondary N) is 1. The van der Waals surface area contributed by atoms with Crippen LogP contribution in [0, 0.1) is 0 Å². The fourth-order valence-electron chi connectivity index (χ4n) is 1.92. The zero-order valence-corrected chi connectivity index (χ0v) is 12.3. The van der Waals surface area contributed by atoms with Crippen LogP contribution in [0.4, 0.5) is 5.69 Å². The van der Waals surface area contributed by atoms with Crippen molar-refractivity contribution < 1.29 is 0 Å². The van der Waals surface area contributed by atoms with Gasteiger partial charge in [0.1, 0.15) is 5.15 Å². The van der Waals surface area contributed by atoms with Crippen LogP contribution in [-0.2, 0) is 6.54 Å². The summed E-state index contributed by atoms with van der Waals surface area (Å²) in [5, 5.41) is 6.04. The Hall–Kier alpha value is -1.84. The van der Waals surface area contributed by atoms with Crippen molar-refractivity contribution in [2.45, 2.75) is 6.54 Å². The summed E-state index contributed by atoms with van der Waals surface area (Å²) in [6, 6.07) is 16.3. The second kappa shape index (κ2) is 6.07. The van der Waals surface area contributed by atoms with E-state index in [1.165, 1.54) is 16.0 Å². The lowest BCUT2D eigenvalue weighted by Gasteiger charge is -2.03. The molecule has 0 aliphatic rings. The molecule has 0 bridgehead atoms. The largest absolute Gasteiger partial charge is 0.379 e. The van der Waals surface area contributed by atoms with Gasteiger partial charge in [-0.2, -0.15) is 0 Å². The van der Waals surface area contributed by atoms with Gasteiger partial charge in [0.05, 0.1) is 11.9 Å². The summed E-state index contributed by atoms with van der Waals surface area (Å²) in [5.41, 5.74) is 3.49. The zero-order valence-electron chi connectivity index (χ0n) is 10.7. The fourth-order valence-corrected chi connectivity index (χ4v) is 2.87. The molecule has 1 aromatic carbocycles. The highest BCUT2D eigenvalue weighted by molar-refractivity contribution is 7.10. The summed E-state index contributed by atoms with van der Waals surface area (Å²) in [6.45, 7) is 0.792. The minimum Gasteiger partial charge on any atom is -0.379 e. The van der Waals surface area contributed by atoms with Crippen LogP contribution in [0.25, 0.3) is 11.1 Å². The number of rotatable bonds is 4. The molecule has 20 heavy (non-hydrogen) atoms. The van der Waals surface area contributed by atoms with Crippen LogP contribution in [0.2, 0.25) is 5.15 Å². The molecule has 100 valence electrons. The molecular formula is C16H13ClN2S. The lowest BCUT2D eigenvalue weighted by Crippen LogP contribution is -1.97. The van der Waals surface area contributed by atoms with Crippen molar-refractivity contribution >= 4 is 28.6 Å². The van der Waals surface area contributed by atoms with E-state index < -0.39 is 0 Å². The number of benzene rings is 1. The number of nitrogens with zero attached hydrogens (tertiary/aromatic N) is 1. The number of halogens is 1. The smallest absolute Gasteiger partial charge is 0.129 e. The Bertz CT molecular complexity index is 677. The van der Waals surface area contributed by atoms with E-state index in [9.17, 15) is 0 Å². The lowest BCUT2D eigenvalue weighted by atomic mass is 10.1. The molecule has 2 aromatic heterocycles. The molecule has 0 saturated carbocycles. The number of aromatic nitrogens is 1. The Balaban J connectivity index is 1.67. The minimum atomic E-state index is 0.512. The maximum Gasteiger partial charge on any atom is 0.129 e. The van der Waals surface area contributed by atoms with Gasteiger partial charge in [-0.15, -0.1) is 11.3 Å². The number of pyridine rings is 1. The van der Waals surface area contributed by atoms with Gasteiger partial charge in [0.15, 0.2) is 0 Å². The standard InChI is InChI=1S/C16H13ClN2S/c17-16-7-6-14(9-19-16)18-10-15-8-13(11-20-15)12-4-2-1-3-5-12/h1-9,11,18H,10H2. The van der Waals surface area contributed by atoms with Gasteiger partial charge in [-0.25, -0.2) is 4.98 Å². The SMILES string of the molecule is Clc1ccc(NCc2cc(-c3ccccc3)cs2)cn1. The van der Waals surface area contributed by atoms with Gasteiger partial charge in [0, 0.05) is 11.4 Å². The minimum absolute atomic E-state index is 0.512. The van der Waals surface area contributed by atoms with E-state index in [-0.39, 0.29) is 0 Å². The maximum atomic E-state index is 5.76. The predicted molar refractivity (Wildman–Crippen MR) is 86.3 cm³/mol. The third-order valence-electron chi connectivity index (χ3n) is 2.96. The van der Waals surface area contributed by atoms with Gasteiger partial charge in [-0.05, 0) is 34.7 Å². The summed E-state index contributed by atoms with van der Waals surface area (Å²) >= 11 is 7.52. The molecule has 0 aliphatic heterocycles. The lowest BCUT2D eigenvalue weighted by molar-refractivity contribution is 1.17. The monoisotopic (exact) mass is 300 g/mol. The molecule has 1 N–H and O–H groups in total. The molecule has 0 spiro atoms. The third-order valence-corrected chi connectivity index (χ3v) is 4.12. The van der Waals surface area contributed by atoms with Crippen LogP contribution in [0.1, 0.15) is 4.88 Å². The Morgan fingerprint density at radius 1 is 1.05 bits per heavy atom. The number of hydrogen-bond acceptors (Lipinski definition) is 3. The molecule has 4 heteroatoms. The summed E-state index contributed by atoms with van der Waals surface area (Å²) in [5.74, 6) is 0. The molecule has 0 aliphatic carbocycles. The van der Waals surface area contributed by atoms with Gasteiger partial charge in [0.2, 0.25) is 0 Å². The first-order valence-corrected chi connectivity index (χ1v) is 7.55. The number of anilines is 1. The van der Waals surface area contributed by atoms with Crippen molar-refractivity contribution in [3.05, 3.63) is 70.1 Å². The van der Waals surface area contributed by atoms with Crippen molar-refractivity contribution in [1.29, 1.82) is 0 Å². The van der Waals surface area contributed by atoms with Crippen LogP contribution < -0.4 is 5.32 Å². The van der Waals surface area contributed by atoms with E-state index in [0.717, 1.165) is 12.2 Å². The highest BCUT2D eigenvalue weighted by Crippen LogP contribution is 2.26. The van der Waals surface area contributed by atoms with Crippen LogP contribution in [-0.4, -0.2) is 4.98 Å². The molecule has 0 atom stereocenters. The Morgan fingerprint density at radius 3 is 2.65 bits per heavy atom. The van der Waals surface area contributed by atoms with E-state index in [1.54, 1.807) is 23.6 Å². The molecule has 3 aromatic rings.